The molecule has 4 nitrogen and oxygen atoms in total. The number of methoxy groups -OCH3 is 1. The van der Waals surface area contributed by atoms with Crippen molar-refractivity contribution < 1.29 is 4.74 Å². The van der Waals surface area contributed by atoms with Crippen LogP contribution in [0.3, 0.4) is 0 Å². The third-order valence-corrected chi connectivity index (χ3v) is 5.88. The number of nitrogens with zero attached hydrogens (tertiary/aromatic N) is 2. The molecular weight excluding hydrogens is 406 g/mol. The molecule has 0 radical (unpaired) electrons. The third-order valence-electron chi connectivity index (χ3n) is 3.06. The average Bonchev–Trinajstić information content (AvgIpc) is 2.94. The molecule has 0 fully saturated rings. The van der Waals surface area contributed by atoms with Crippen LogP contribution in [0.5, 0.6) is 0 Å². The number of thiophene rings is 1. The number of aryl methyl sites for hydroxylation is 1. The fraction of sp³-hybridized carbons (Fsp3) is 0.462. The lowest BCUT2D eigenvalue weighted by Crippen LogP contribution is -2.22. The number of rotatable bonds is 6. The van der Waals surface area contributed by atoms with Crippen molar-refractivity contribution in [1.82, 2.24) is 15.1 Å². The van der Waals surface area contributed by atoms with Gasteiger partial charge in [0.15, 0.2) is 0 Å². The second-order valence-electron chi connectivity index (χ2n) is 4.42. The zero-order valence-electron chi connectivity index (χ0n) is 11.6. The maximum absolute atomic E-state index is 5.15. The number of ether oxygens (including phenoxy) is 1. The monoisotopic (exact) mass is 421 g/mol. The minimum absolute atomic E-state index is 0.110. The maximum Gasteiger partial charge on any atom is 0.0851 e. The number of hydrogen-bond acceptors (Lipinski definition) is 4. The third kappa shape index (κ3) is 3.33. The SMILES string of the molecule is CNC(c1cc(C)c(Br)s1)c1c(Br)cnn1CCOC. The highest BCUT2D eigenvalue weighted by Crippen LogP contribution is 2.36. The van der Waals surface area contributed by atoms with Crippen LogP contribution < -0.4 is 5.32 Å². The summed E-state index contributed by atoms with van der Waals surface area (Å²) in [5, 5.41) is 7.80. The van der Waals surface area contributed by atoms with E-state index in [0.29, 0.717) is 6.61 Å². The van der Waals surface area contributed by atoms with Gasteiger partial charge < -0.3 is 10.1 Å². The Labute approximate surface area is 139 Å². The van der Waals surface area contributed by atoms with Gasteiger partial charge in [0.1, 0.15) is 0 Å². The fourth-order valence-electron chi connectivity index (χ4n) is 2.05. The Bertz CT molecular complexity index is 563. The molecule has 20 heavy (non-hydrogen) atoms. The van der Waals surface area contributed by atoms with Crippen LogP contribution in [0.2, 0.25) is 0 Å². The van der Waals surface area contributed by atoms with E-state index in [1.54, 1.807) is 18.4 Å². The van der Waals surface area contributed by atoms with Gasteiger partial charge >= 0.3 is 0 Å². The van der Waals surface area contributed by atoms with E-state index in [-0.39, 0.29) is 6.04 Å². The minimum atomic E-state index is 0.110. The van der Waals surface area contributed by atoms with Crippen LogP contribution >= 0.6 is 43.2 Å². The van der Waals surface area contributed by atoms with Gasteiger partial charge in [-0.25, -0.2) is 0 Å². The van der Waals surface area contributed by atoms with Gasteiger partial charge in [0, 0.05) is 12.0 Å². The van der Waals surface area contributed by atoms with Gasteiger partial charge in [-0.1, -0.05) is 0 Å². The summed E-state index contributed by atoms with van der Waals surface area (Å²) < 4.78 is 9.32. The molecule has 0 spiro atoms. The van der Waals surface area contributed by atoms with E-state index in [1.807, 2.05) is 17.9 Å². The van der Waals surface area contributed by atoms with Gasteiger partial charge in [0.2, 0.25) is 0 Å². The predicted octanol–water partition coefficient (Wildman–Crippen LogP) is 3.73. The Morgan fingerprint density at radius 2 is 2.25 bits per heavy atom. The molecule has 0 aliphatic carbocycles. The van der Waals surface area contributed by atoms with E-state index in [9.17, 15) is 0 Å². The van der Waals surface area contributed by atoms with Crippen LogP contribution in [0.4, 0.5) is 0 Å². The van der Waals surface area contributed by atoms with Crippen molar-refractivity contribution in [2.24, 2.45) is 0 Å². The first-order valence-electron chi connectivity index (χ1n) is 6.21. The average molecular weight is 423 g/mol. The van der Waals surface area contributed by atoms with Gasteiger partial charge in [0.05, 0.1) is 39.3 Å². The smallest absolute Gasteiger partial charge is 0.0851 e. The van der Waals surface area contributed by atoms with Gasteiger partial charge in [-0.2, -0.15) is 5.10 Å². The number of hydrogen-bond donors (Lipinski definition) is 1. The fourth-order valence-corrected chi connectivity index (χ4v) is 4.26. The standard InChI is InChI=1S/C13H17Br2N3OS/c1-8-6-10(20-13(8)15)11(16-2)12-9(14)7-17-18(12)4-5-19-3/h6-7,11,16H,4-5H2,1-3H3. The molecule has 0 saturated heterocycles. The van der Waals surface area contributed by atoms with Gasteiger partial charge in [-0.15, -0.1) is 11.3 Å². The Balaban J connectivity index is 2.38. The Morgan fingerprint density at radius 1 is 1.50 bits per heavy atom. The lowest BCUT2D eigenvalue weighted by molar-refractivity contribution is 0.182. The second kappa shape index (κ2) is 7.17. The summed E-state index contributed by atoms with van der Waals surface area (Å²) in [4.78, 5) is 1.26. The minimum Gasteiger partial charge on any atom is -0.383 e. The van der Waals surface area contributed by atoms with E-state index in [2.05, 4.69) is 55.3 Å². The summed E-state index contributed by atoms with van der Waals surface area (Å²) in [7, 11) is 3.67. The first kappa shape index (κ1) is 16.2. The first-order chi connectivity index (χ1) is 9.58. The summed E-state index contributed by atoms with van der Waals surface area (Å²) >= 11 is 8.94. The molecule has 0 bridgehead atoms. The van der Waals surface area contributed by atoms with E-state index in [1.165, 1.54) is 14.2 Å². The molecule has 1 atom stereocenters. The summed E-state index contributed by atoms with van der Waals surface area (Å²) in [6.45, 7) is 3.49. The van der Waals surface area contributed by atoms with Crippen molar-refractivity contribution >= 4 is 43.2 Å². The summed E-state index contributed by atoms with van der Waals surface area (Å²) in [6.07, 6.45) is 1.84. The molecule has 110 valence electrons. The molecule has 0 aromatic carbocycles. The van der Waals surface area contributed by atoms with E-state index >= 15 is 0 Å². The van der Waals surface area contributed by atoms with E-state index in [4.69, 9.17) is 4.74 Å². The molecule has 0 saturated carbocycles. The first-order valence-corrected chi connectivity index (χ1v) is 8.62. The molecular formula is C13H17Br2N3OS. The molecule has 2 aromatic heterocycles. The van der Waals surface area contributed by atoms with Crippen molar-refractivity contribution in [2.75, 3.05) is 20.8 Å². The van der Waals surface area contributed by atoms with Crippen LogP contribution in [0, 0.1) is 6.92 Å². The highest BCUT2D eigenvalue weighted by atomic mass is 79.9. The van der Waals surface area contributed by atoms with Crippen molar-refractivity contribution in [1.29, 1.82) is 0 Å². The zero-order chi connectivity index (χ0) is 14.7. The number of nitrogens with one attached hydrogen (secondary N) is 1. The van der Waals surface area contributed by atoms with Crippen LogP contribution in [0.25, 0.3) is 0 Å². The maximum atomic E-state index is 5.15. The molecule has 0 amide bonds. The quantitative estimate of drug-likeness (QED) is 0.770. The highest BCUT2D eigenvalue weighted by molar-refractivity contribution is 9.11. The largest absolute Gasteiger partial charge is 0.383 e. The number of halogens is 2. The number of aromatic nitrogens is 2. The highest BCUT2D eigenvalue weighted by Gasteiger charge is 2.22. The predicted molar refractivity (Wildman–Crippen MR) is 89.5 cm³/mol. The molecule has 0 aliphatic heterocycles. The van der Waals surface area contributed by atoms with Gasteiger partial charge in [0.25, 0.3) is 0 Å². The van der Waals surface area contributed by atoms with Crippen molar-refractivity contribution in [3.8, 4) is 0 Å². The van der Waals surface area contributed by atoms with Crippen molar-refractivity contribution in [3.63, 3.8) is 0 Å². The van der Waals surface area contributed by atoms with Crippen LogP contribution in [0.1, 0.15) is 22.2 Å². The topological polar surface area (TPSA) is 39.1 Å². The van der Waals surface area contributed by atoms with Crippen molar-refractivity contribution in [3.05, 3.63) is 36.7 Å². The normalized spacial score (nSPS) is 12.8. The van der Waals surface area contributed by atoms with E-state index in [0.717, 1.165) is 16.7 Å². The van der Waals surface area contributed by atoms with Crippen LogP contribution in [0.15, 0.2) is 20.5 Å². The Kier molecular flexibility index (Phi) is 5.80. The molecule has 2 rings (SSSR count). The molecule has 0 aliphatic rings. The zero-order valence-corrected chi connectivity index (χ0v) is 15.6. The molecule has 1 unspecified atom stereocenters. The van der Waals surface area contributed by atoms with Gasteiger partial charge in [-0.3, -0.25) is 4.68 Å². The molecule has 7 heteroatoms. The second-order valence-corrected chi connectivity index (χ2v) is 7.68. The molecule has 1 N–H and O–H groups in total. The Hall–Kier alpha value is -0.210. The van der Waals surface area contributed by atoms with Crippen LogP contribution in [-0.4, -0.2) is 30.5 Å². The molecule has 2 aromatic rings. The Morgan fingerprint density at radius 3 is 2.80 bits per heavy atom. The van der Waals surface area contributed by atoms with Crippen LogP contribution in [-0.2, 0) is 11.3 Å². The summed E-state index contributed by atoms with van der Waals surface area (Å²) in [5.74, 6) is 0. The van der Waals surface area contributed by atoms with Crippen molar-refractivity contribution in [2.45, 2.75) is 19.5 Å². The summed E-state index contributed by atoms with van der Waals surface area (Å²) in [6, 6.07) is 2.31. The lowest BCUT2D eigenvalue weighted by atomic mass is 10.1. The van der Waals surface area contributed by atoms with E-state index < -0.39 is 0 Å². The molecule has 2 heterocycles. The summed E-state index contributed by atoms with van der Waals surface area (Å²) in [5.41, 5.74) is 2.38. The van der Waals surface area contributed by atoms with Gasteiger partial charge in [-0.05, 0) is 57.5 Å². The lowest BCUT2D eigenvalue weighted by Gasteiger charge is -2.17.